The molecule has 0 aromatic carbocycles. The monoisotopic (exact) mass is 310 g/mol. The van der Waals surface area contributed by atoms with Crippen LogP contribution in [0.3, 0.4) is 0 Å². The largest absolute Gasteiger partial charge is 0.394 e. The van der Waals surface area contributed by atoms with E-state index in [1.807, 2.05) is 0 Å². The third kappa shape index (κ3) is 3.48. The molecular formula is C11H18O10. The highest BCUT2D eigenvalue weighted by Gasteiger charge is 2.57. The number of carbonyl (C=O) groups is 2. The molecular weight excluding hydrogens is 292 g/mol. The Labute approximate surface area is 119 Å². The third-order valence-corrected chi connectivity index (χ3v) is 3.21. The summed E-state index contributed by atoms with van der Waals surface area (Å²) in [6.07, 6.45) is -7.03. The quantitative estimate of drug-likeness (QED) is 0.265. The lowest BCUT2D eigenvalue weighted by molar-refractivity contribution is -0.367. The van der Waals surface area contributed by atoms with E-state index in [9.17, 15) is 30.0 Å². The summed E-state index contributed by atoms with van der Waals surface area (Å²) >= 11 is 0. The van der Waals surface area contributed by atoms with Gasteiger partial charge in [0.05, 0.1) is 6.61 Å². The molecule has 10 heteroatoms. The van der Waals surface area contributed by atoms with E-state index in [2.05, 4.69) is 9.78 Å². The highest BCUT2D eigenvalue weighted by molar-refractivity contribution is 5.74. The van der Waals surface area contributed by atoms with Gasteiger partial charge in [-0.3, -0.25) is 0 Å². The maximum Gasteiger partial charge on any atom is 0.363 e. The molecule has 122 valence electrons. The number of carbonyl (C=O) groups excluding carboxylic acids is 2. The van der Waals surface area contributed by atoms with Gasteiger partial charge in [-0.2, -0.15) is 0 Å². The molecule has 0 saturated carbocycles. The van der Waals surface area contributed by atoms with Crippen molar-refractivity contribution in [3.63, 3.8) is 0 Å². The van der Waals surface area contributed by atoms with Crippen LogP contribution < -0.4 is 0 Å². The molecule has 21 heavy (non-hydrogen) atoms. The lowest BCUT2D eigenvalue weighted by atomic mass is 9.85. The van der Waals surface area contributed by atoms with Crippen LogP contribution in [0.5, 0.6) is 0 Å². The molecule has 1 heterocycles. The molecule has 5 N–H and O–H groups in total. The highest BCUT2D eigenvalue weighted by Crippen LogP contribution is 2.34. The van der Waals surface area contributed by atoms with E-state index in [0.29, 0.717) is 0 Å². The first-order chi connectivity index (χ1) is 9.65. The maximum atomic E-state index is 11.6. The van der Waals surface area contributed by atoms with Gasteiger partial charge in [0.25, 0.3) is 0 Å². The third-order valence-electron chi connectivity index (χ3n) is 3.21. The molecule has 1 aliphatic heterocycles. The minimum Gasteiger partial charge on any atom is -0.394 e. The molecule has 1 saturated heterocycles. The Kier molecular flexibility index (Phi) is 5.61. The Morgan fingerprint density at radius 2 is 1.81 bits per heavy atom. The molecule has 0 amide bonds. The van der Waals surface area contributed by atoms with Gasteiger partial charge >= 0.3 is 11.9 Å². The summed E-state index contributed by atoms with van der Waals surface area (Å²) in [5, 5.41) is 48.2. The molecule has 0 radical (unpaired) electrons. The Hall–Kier alpha value is -1.30. The van der Waals surface area contributed by atoms with Crippen molar-refractivity contribution in [3.8, 4) is 0 Å². The van der Waals surface area contributed by atoms with E-state index >= 15 is 0 Å². The van der Waals surface area contributed by atoms with Crippen molar-refractivity contribution in [2.45, 2.75) is 44.1 Å². The number of aliphatic hydroxyl groups excluding tert-OH is 4. The predicted molar refractivity (Wildman–Crippen MR) is 62.0 cm³/mol. The molecule has 1 aliphatic rings. The lowest BCUT2D eigenvalue weighted by Crippen LogP contribution is -2.68. The second-order valence-electron chi connectivity index (χ2n) is 4.72. The van der Waals surface area contributed by atoms with Crippen LogP contribution in [0.1, 0.15) is 13.8 Å². The van der Waals surface area contributed by atoms with Gasteiger partial charge in [-0.05, 0) is 6.92 Å². The minimum absolute atomic E-state index is 0.779. The van der Waals surface area contributed by atoms with Crippen molar-refractivity contribution in [2.75, 3.05) is 6.61 Å². The van der Waals surface area contributed by atoms with E-state index in [-0.39, 0.29) is 0 Å². The number of hydrogen-bond donors (Lipinski definition) is 5. The zero-order chi connectivity index (χ0) is 16.4. The average Bonchev–Trinajstić information content (AvgIpc) is 2.45. The van der Waals surface area contributed by atoms with E-state index in [4.69, 9.17) is 9.84 Å². The molecule has 0 spiro atoms. The fraction of sp³-hybridized carbons (Fsp3) is 0.818. The van der Waals surface area contributed by atoms with E-state index in [1.54, 1.807) is 0 Å². The van der Waals surface area contributed by atoms with Crippen LogP contribution in [0.25, 0.3) is 0 Å². The summed E-state index contributed by atoms with van der Waals surface area (Å²) in [5.41, 5.74) is 0. The maximum absolute atomic E-state index is 11.6. The molecule has 0 aromatic heterocycles. The Bertz CT molecular complexity index is 396. The predicted octanol–water partition coefficient (Wildman–Crippen LogP) is -3.19. The summed E-state index contributed by atoms with van der Waals surface area (Å²) in [7, 11) is 0. The van der Waals surface area contributed by atoms with Gasteiger partial charge in [-0.1, -0.05) is 0 Å². The zero-order valence-electron chi connectivity index (χ0n) is 11.4. The fourth-order valence-electron chi connectivity index (χ4n) is 1.88. The molecule has 6 atom stereocenters. The van der Waals surface area contributed by atoms with Gasteiger partial charge in [-0.25, -0.2) is 19.4 Å². The molecule has 1 fully saturated rings. The van der Waals surface area contributed by atoms with Crippen LogP contribution in [0.2, 0.25) is 0 Å². The summed E-state index contributed by atoms with van der Waals surface area (Å²) < 4.78 is 4.91. The van der Waals surface area contributed by atoms with Crippen molar-refractivity contribution in [1.82, 2.24) is 0 Å². The second kappa shape index (κ2) is 6.64. The second-order valence-corrected chi connectivity index (χ2v) is 4.72. The van der Waals surface area contributed by atoms with Crippen LogP contribution in [-0.2, 0) is 24.1 Å². The van der Waals surface area contributed by atoms with Crippen LogP contribution in [-0.4, -0.2) is 74.3 Å². The normalized spacial score (nSPS) is 37.7. The van der Waals surface area contributed by atoms with E-state index < -0.39 is 54.7 Å². The molecule has 10 nitrogen and oxygen atoms in total. The Morgan fingerprint density at radius 1 is 1.24 bits per heavy atom. The number of rotatable bonds is 3. The molecule has 0 aromatic rings. The topological polar surface area (TPSA) is 163 Å². The summed E-state index contributed by atoms with van der Waals surface area (Å²) in [4.78, 5) is 30.3. The van der Waals surface area contributed by atoms with Gasteiger partial charge in [0.2, 0.25) is 5.79 Å². The number of hydrogen-bond acceptors (Lipinski definition) is 10. The van der Waals surface area contributed by atoms with E-state index in [1.165, 1.54) is 0 Å². The van der Waals surface area contributed by atoms with Gasteiger partial charge in [0.15, 0.2) is 0 Å². The lowest BCUT2D eigenvalue weighted by Gasteiger charge is -2.46. The average molecular weight is 310 g/mol. The van der Waals surface area contributed by atoms with Crippen LogP contribution in [0, 0.1) is 5.92 Å². The fourth-order valence-corrected chi connectivity index (χ4v) is 1.88. The van der Waals surface area contributed by atoms with Crippen molar-refractivity contribution >= 4 is 11.9 Å². The van der Waals surface area contributed by atoms with Crippen molar-refractivity contribution < 1.29 is 49.6 Å². The van der Waals surface area contributed by atoms with Crippen molar-refractivity contribution in [1.29, 1.82) is 0 Å². The Balaban J connectivity index is 2.90. The van der Waals surface area contributed by atoms with Gasteiger partial charge in [-0.15, -0.1) is 0 Å². The van der Waals surface area contributed by atoms with Gasteiger partial charge in [0, 0.05) is 6.92 Å². The summed E-state index contributed by atoms with van der Waals surface area (Å²) in [5.74, 6) is -6.42. The number of aliphatic hydroxyl groups is 5. The summed E-state index contributed by atoms with van der Waals surface area (Å²) in [6, 6.07) is 0. The first kappa shape index (κ1) is 17.8. The van der Waals surface area contributed by atoms with Crippen LogP contribution in [0.4, 0.5) is 0 Å². The highest BCUT2D eigenvalue weighted by atomic mass is 17.2. The zero-order valence-corrected chi connectivity index (χ0v) is 11.4. The van der Waals surface area contributed by atoms with E-state index in [0.717, 1.165) is 13.8 Å². The van der Waals surface area contributed by atoms with Crippen LogP contribution in [0.15, 0.2) is 0 Å². The van der Waals surface area contributed by atoms with Crippen molar-refractivity contribution in [2.24, 2.45) is 5.92 Å². The van der Waals surface area contributed by atoms with Gasteiger partial charge < -0.3 is 30.3 Å². The molecule has 1 rings (SSSR count). The molecule has 0 aliphatic carbocycles. The first-order valence-electron chi connectivity index (χ1n) is 6.09. The van der Waals surface area contributed by atoms with Crippen molar-refractivity contribution in [3.05, 3.63) is 0 Å². The molecule has 0 bridgehead atoms. The first-order valence-corrected chi connectivity index (χ1v) is 6.09. The smallest absolute Gasteiger partial charge is 0.363 e. The standard InChI is InChI=1S/C11H18O10/c1-4(10(17)21-20-5(2)13)11(18)9(16)8(15)7(14)6(3-12)19-11/h4,6-9,12,14-16,18H,3H2,1-2H3/t4?,6-,7+,8+,9-,11-/m1/s1. The minimum atomic E-state index is -2.65. The van der Waals surface area contributed by atoms with Crippen LogP contribution >= 0.6 is 0 Å². The van der Waals surface area contributed by atoms with Gasteiger partial charge in [0.1, 0.15) is 30.3 Å². The Morgan fingerprint density at radius 3 is 2.29 bits per heavy atom. The number of ether oxygens (including phenoxy) is 1. The molecule has 1 unspecified atom stereocenters. The summed E-state index contributed by atoms with van der Waals surface area (Å²) in [6.45, 7) is 1.27. The SMILES string of the molecule is CC(=O)OOC(=O)C(C)[C@@]1(O)O[C@H](CO)[C@H](O)[C@H](O)[C@H]1O.